The zero-order valence-electron chi connectivity index (χ0n) is 12.2. The molecule has 1 heterocycles. The van der Waals surface area contributed by atoms with Gasteiger partial charge in [0.1, 0.15) is 0 Å². The van der Waals surface area contributed by atoms with Crippen LogP contribution in [0.1, 0.15) is 25.7 Å². The second-order valence-electron chi connectivity index (χ2n) is 5.19. The van der Waals surface area contributed by atoms with Crippen LogP contribution in [0.15, 0.2) is 0 Å². The van der Waals surface area contributed by atoms with Gasteiger partial charge in [0.15, 0.2) is 0 Å². The van der Waals surface area contributed by atoms with Gasteiger partial charge in [0.25, 0.3) is 0 Å². The molecule has 0 bridgehead atoms. The van der Waals surface area contributed by atoms with E-state index < -0.39 is 16.1 Å². The number of piperidine rings is 1. The Balaban J connectivity index is 2.61. The lowest BCUT2D eigenvalue weighted by Crippen LogP contribution is -2.54. The Labute approximate surface area is 125 Å². The molecule has 1 fully saturated rings. The van der Waals surface area contributed by atoms with Crippen LogP contribution in [0, 0.1) is 0 Å². The predicted octanol–water partition coefficient (Wildman–Crippen LogP) is -0.00290. The van der Waals surface area contributed by atoms with Gasteiger partial charge in [-0.05, 0) is 37.7 Å². The van der Waals surface area contributed by atoms with E-state index in [1.807, 2.05) is 6.26 Å². The Morgan fingerprint density at radius 3 is 2.80 bits per heavy atom. The molecule has 1 saturated heterocycles. The molecule has 6 nitrogen and oxygen atoms in total. The summed E-state index contributed by atoms with van der Waals surface area (Å²) in [5.74, 6) is 0.798. The maximum atomic E-state index is 12.4. The van der Waals surface area contributed by atoms with Gasteiger partial charge < -0.3 is 10.6 Å². The fraction of sp³-hybridized carbons (Fsp3) is 0.917. The van der Waals surface area contributed by atoms with E-state index in [9.17, 15) is 13.2 Å². The van der Waals surface area contributed by atoms with E-state index in [1.54, 1.807) is 16.7 Å². The molecule has 8 heteroatoms. The van der Waals surface area contributed by atoms with Gasteiger partial charge in [0, 0.05) is 19.1 Å². The van der Waals surface area contributed by atoms with Crippen LogP contribution in [0.2, 0.25) is 0 Å². The predicted molar refractivity (Wildman–Crippen MR) is 83.2 cm³/mol. The molecule has 0 aromatic carbocycles. The number of hydrogen-bond donors (Lipinski definition) is 2. The second-order valence-corrected chi connectivity index (χ2v) is 8.01. The molecule has 1 amide bonds. The third-order valence-corrected chi connectivity index (χ3v) is 4.78. The van der Waals surface area contributed by atoms with Crippen LogP contribution in [0.4, 0.5) is 0 Å². The maximum Gasteiger partial charge on any atom is 0.239 e. The molecular weight excluding hydrogens is 298 g/mol. The van der Waals surface area contributed by atoms with Gasteiger partial charge in [-0.1, -0.05) is 0 Å². The van der Waals surface area contributed by atoms with Crippen molar-refractivity contribution < 1.29 is 13.2 Å². The first kappa shape index (κ1) is 17.7. The summed E-state index contributed by atoms with van der Waals surface area (Å²) in [6, 6.07) is -0.562. The number of carbonyl (C=O) groups is 1. The molecule has 1 unspecified atom stereocenters. The van der Waals surface area contributed by atoms with Crippen molar-refractivity contribution in [3.63, 3.8) is 0 Å². The van der Waals surface area contributed by atoms with E-state index in [0.29, 0.717) is 13.0 Å². The average Bonchev–Trinajstić information content (AvgIpc) is 2.41. The van der Waals surface area contributed by atoms with Crippen LogP contribution in [0.25, 0.3) is 0 Å². The molecule has 0 aromatic heterocycles. The quantitative estimate of drug-likeness (QED) is 0.688. The topological polar surface area (TPSA) is 92.5 Å². The lowest BCUT2D eigenvalue weighted by atomic mass is 10.0. The number of nitrogens with one attached hydrogen (secondary N) is 1. The fourth-order valence-electron chi connectivity index (χ4n) is 2.33. The monoisotopic (exact) mass is 323 g/mol. The molecule has 0 aliphatic carbocycles. The first-order chi connectivity index (χ1) is 9.35. The van der Waals surface area contributed by atoms with Crippen LogP contribution in [-0.4, -0.2) is 62.7 Å². The summed E-state index contributed by atoms with van der Waals surface area (Å²) in [5.41, 5.74) is 5.94. The molecule has 1 rings (SSSR count). The summed E-state index contributed by atoms with van der Waals surface area (Å²) >= 11 is 1.67. The zero-order valence-corrected chi connectivity index (χ0v) is 13.8. The largest absolute Gasteiger partial charge is 0.337 e. The third kappa shape index (κ3) is 5.99. The van der Waals surface area contributed by atoms with Gasteiger partial charge in [0.2, 0.25) is 15.9 Å². The Morgan fingerprint density at radius 2 is 2.20 bits per heavy atom. The Morgan fingerprint density at radius 1 is 1.50 bits per heavy atom. The molecule has 0 saturated carbocycles. The van der Waals surface area contributed by atoms with Crippen LogP contribution in [0.3, 0.4) is 0 Å². The highest BCUT2D eigenvalue weighted by Gasteiger charge is 2.30. The molecule has 3 N–H and O–H groups in total. The zero-order chi connectivity index (χ0) is 15.2. The molecule has 2 atom stereocenters. The lowest BCUT2D eigenvalue weighted by molar-refractivity contribution is -0.136. The van der Waals surface area contributed by atoms with Crippen molar-refractivity contribution in [3.8, 4) is 0 Å². The van der Waals surface area contributed by atoms with Crippen molar-refractivity contribution in [2.75, 3.05) is 31.4 Å². The van der Waals surface area contributed by atoms with Crippen molar-refractivity contribution in [3.05, 3.63) is 0 Å². The van der Waals surface area contributed by atoms with Gasteiger partial charge in [0.05, 0.1) is 12.3 Å². The second kappa shape index (κ2) is 8.21. The molecule has 20 heavy (non-hydrogen) atoms. The highest BCUT2D eigenvalue weighted by molar-refractivity contribution is 7.98. The molecule has 0 radical (unpaired) electrons. The number of carbonyl (C=O) groups excluding carboxylic acids is 1. The van der Waals surface area contributed by atoms with E-state index in [-0.39, 0.29) is 18.5 Å². The van der Waals surface area contributed by atoms with Gasteiger partial charge in [-0.15, -0.1) is 0 Å². The number of hydrogen-bond acceptors (Lipinski definition) is 5. The first-order valence-corrected chi connectivity index (χ1v) is 10.1. The van der Waals surface area contributed by atoms with E-state index in [2.05, 4.69) is 4.72 Å². The van der Waals surface area contributed by atoms with Gasteiger partial charge in [-0.25, -0.2) is 13.1 Å². The molecular formula is C12H25N3O3S2. The Bertz CT molecular complexity index is 414. The minimum atomic E-state index is -3.23. The minimum Gasteiger partial charge on any atom is -0.337 e. The summed E-state index contributed by atoms with van der Waals surface area (Å²) in [6.07, 6.45) is 6.56. The number of amides is 1. The maximum absolute atomic E-state index is 12.4. The summed E-state index contributed by atoms with van der Waals surface area (Å²) < 4.78 is 24.9. The number of likely N-dealkylation sites (tertiary alicyclic amines) is 1. The Kier molecular flexibility index (Phi) is 7.28. The van der Waals surface area contributed by atoms with E-state index >= 15 is 0 Å². The summed E-state index contributed by atoms with van der Waals surface area (Å²) in [4.78, 5) is 14.1. The van der Waals surface area contributed by atoms with Gasteiger partial charge in [-0.3, -0.25) is 4.79 Å². The van der Waals surface area contributed by atoms with Crippen molar-refractivity contribution >= 4 is 27.7 Å². The van der Waals surface area contributed by atoms with Crippen molar-refractivity contribution in [2.24, 2.45) is 5.73 Å². The molecule has 1 aliphatic heterocycles. The highest BCUT2D eigenvalue weighted by Crippen LogP contribution is 2.18. The SMILES string of the molecule is CSCC[C@@H](N)C(=O)N1CCCCC1CNS(C)(=O)=O. The van der Waals surface area contributed by atoms with Crippen LogP contribution >= 0.6 is 11.8 Å². The van der Waals surface area contributed by atoms with E-state index in [1.165, 1.54) is 0 Å². The van der Waals surface area contributed by atoms with Crippen LogP contribution in [0.5, 0.6) is 0 Å². The minimum absolute atomic E-state index is 0.0564. The summed E-state index contributed by atoms with van der Waals surface area (Å²) in [5, 5.41) is 0. The molecule has 118 valence electrons. The number of thioether (sulfide) groups is 1. The summed E-state index contributed by atoms with van der Waals surface area (Å²) in [7, 11) is -3.23. The lowest BCUT2D eigenvalue weighted by Gasteiger charge is -2.37. The normalized spacial score (nSPS) is 21.8. The summed E-state index contributed by atoms with van der Waals surface area (Å²) in [6.45, 7) is 0.946. The van der Waals surface area contributed by atoms with Gasteiger partial charge >= 0.3 is 0 Å². The standard InChI is InChI=1S/C12H25N3O3S2/c1-19-8-6-11(13)12(16)15-7-4-3-5-10(15)9-14-20(2,17)18/h10-11,14H,3-9,13H2,1-2H3/t10?,11-/m1/s1. The first-order valence-electron chi connectivity index (χ1n) is 6.85. The molecule has 0 spiro atoms. The van der Waals surface area contributed by atoms with Crippen molar-refractivity contribution in [1.29, 1.82) is 0 Å². The molecule has 1 aliphatic rings. The van der Waals surface area contributed by atoms with Gasteiger partial charge in [-0.2, -0.15) is 11.8 Å². The highest BCUT2D eigenvalue weighted by atomic mass is 32.2. The third-order valence-electron chi connectivity index (χ3n) is 3.44. The number of nitrogens with zero attached hydrogens (tertiary/aromatic N) is 1. The smallest absolute Gasteiger partial charge is 0.239 e. The average molecular weight is 323 g/mol. The van der Waals surface area contributed by atoms with Crippen molar-refractivity contribution in [1.82, 2.24) is 9.62 Å². The number of nitrogens with two attached hydrogens (primary N) is 1. The molecule has 0 aromatic rings. The number of rotatable bonds is 7. The Hall–Kier alpha value is -0.310. The number of sulfonamides is 1. The van der Waals surface area contributed by atoms with E-state index in [0.717, 1.165) is 31.3 Å². The van der Waals surface area contributed by atoms with Crippen molar-refractivity contribution in [2.45, 2.75) is 37.8 Å². The van der Waals surface area contributed by atoms with Crippen LogP contribution in [-0.2, 0) is 14.8 Å². The van der Waals surface area contributed by atoms with Crippen LogP contribution < -0.4 is 10.5 Å². The fourth-order valence-corrected chi connectivity index (χ4v) is 3.32. The van der Waals surface area contributed by atoms with E-state index in [4.69, 9.17) is 5.73 Å².